The Morgan fingerprint density at radius 2 is 1.87 bits per heavy atom. The van der Waals surface area contributed by atoms with Gasteiger partial charge in [-0.2, -0.15) is 0 Å². The molecule has 1 rings (SSSR count). The number of methoxy groups -OCH3 is 2. The van der Waals surface area contributed by atoms with E-state index < -0.39 is 24.0 Å². The van der Waals surface area contributed by atoms with Crippen LogP contribution in [0.4, 0.5) is 0 Å². The third-order valence-corrected chi connectivity index (χ3v) is 4.14. The molecule has 1 fully saturated rings. The molecule has 0 radical (unpaired) electrons. The lowest BCUT2D eigenvalue weighted by Gasteiger charge is -2.30. The van der Waals surface area contributed by atoms with Gasteiger partial charge in [-0.25, -0.2) is 0 Å². The third kappa shape index (κ3) is 5.20. The van der Waals surface area contributed by atoms with Gasteiger partial charge in [-0.1, -0.05) is 0 Å². The van der Waals surface area contributed by atoms with E-state index in [1.54, 1.807) is 11.8 Å². The van der Waals surface area contributed by atoms with E-state index in [2.05, 4.69) is 10.1 Å². The van der Waals surface area contributed by atoms with Crippen LogP contribution in [0.15, 0.2) is 0 Å². The minimum absolute atomic E-state index is 0.0174. The van der Waals surface area contributed by atoms with Crippen LogP contribution >= 0.6 is 0 Å². The lowest BCUT2D eigenvalue weighted by molar-refractivity contribution is -0.152. The molecule has 132 valence electrons. The first-order valence-corrected chi connectivity index (χ1v) is 8.02. The zero-order chi connectivity index (χ0) is 17.6. The van der Waals surface area contributed by atoms with Crippen molar-refractivity contribution in [1.82, 2.24) is 10.2 Å². The number of carbonyl (C=O) groups is 3. The highest BCUT2D eigenvalue weighted by Crippen LogP contribution is 2.24. The first kappa shape index (κ1) is 19.4. The van der Waals surface area contributed by atoms with Crippen LogP contribution < -0.4 is 5.32 Å². The quantitative estimate of drug-likeness (QED) is 0.696. The van der Waals surface area contributed by atoms with Crippen molar-refractivity contribution in [3.05, 3.63) is 0 Å². The highest BCUT2D eigenvalue weighted by molar-refractivity contribution is 5.91. The van der Waals surface area contributed by atoms with Gasteiger partial charge in [0, 0.05) is 19.7 Å². The summed E-state index contributed by atoms with van der Waals surface area (Å²) >= 11 is 0. The average molecular weight is 328 g/mol. The number of hydrogen-bond acceptors (Lipinski definition) is 5. The number of likely N-dealkylation sites (tertiary alicyclic amines) is 1. The van der Waals surface area contributed by atoms with Gasteiger partial charge in [-0.3, -0.25) is 14.4 Å². The van der Waals surface area contributed by atoms with Crippen molar-refractivity contribution in [3.8, 4) is 0 Å². The second-order valence-electron chi connectivity index (χ2n) is 6.18. The van der Waals surface area contributed by atoms with Crippen LogP contribution in [-0.2, 0) is 23.9 Å². The van der Waals surface area contributed by atoms with Crippen LogP contribution in [0.2, 0.25) is 0 Å². The Hall–Kier alpha value is -1.63. The van der Waals surface area contributed by atoms with E-state index in [9.17, 15) is 14.4 Å². The van der Waals surface area contributed by atoms with Gasteiger partial charge >= 0.3 is 5.97 Å². The average Bonchev–Trinajstić information content (AvgIpc) is 2.99. The molecule has 0 aromatic heterocycles. The van der Waals surface area contributed by atoms with Crippen molar-refractivity contribution >= 4 is 17.8 Å². The Balaban J connectivity index is 2.88. The van der Waals surface area contributed by atoms with Crippen molar-refractivity contribution in [1.29, 1.82) is 0 Å². The summed E-state index contributed by atoms with van der Waals surface area (Å²) in [5.41, 5.74) is 0. The molecule has 7 heteroatoms. The Morgan fingerprint density at radius 1 is 1.22 bits per heavy atom. The van der Waals surface area contributed by atoms with Gasteiger partial charge in [-0.05, 0) is 33.6 Å². The number of esters is 1. The summed E-state index contributed by atoms with van der Waals surface area (Å²) in [5.74, 6) is -1.49. The van der Waals surface area contributed by atoms with Crippen LogP contribution in [-0.4, -0.2) is 61.6 Å². The maximum Gasteiger partial charge on any atom is 0.306 e. The highest BCUT2D eigenvalue weighted by Gasteiger charge is 2.39. The number of nitrogens with one attached hydrogen (secondary N) is 1. The predicted molar refractivity (Wildman–Crippen MR) is 84.6 cm³/mol. The molecule has 0 unspecified atom stereocenters. The summed E-state index contributed by atoms with van der Waals surface area (Å²) in [6.07, 6.45) is 0.917. The molecule has 1 heterocycles. The fraction of sp³-hybridized carbons (Fsp3) is 0.812. The minimum Gasteiger partial charge on any atom is -0.469 e. The molecule has 23 heavy (non-hydrogen) atoms. The molecule has 1 N–H and O–H groups in total. The molecule has 0 aliphatic carbocycles. The molecule has 1 saturated heterocycles. The second kappa shape index (κ2) is 8.86. The fourth-order valence-electron chi connectivity index (χ4n) is 2.78. The summed E-state index contributed by atoms with van der Waals surface area (Å²) < 4.78 is 9.91. The normalized spacial score (nSPS) is 20.3. The molecule has 0 saturated carbocycles. The summed E-state index contributed by atoms with van der Waals surface area (Å²) in [6, 6.07) is -0.460. The Bertz CT molecular complexity index is 438. The molecular weight excluding hydrogens is 300 g/mol. The van der Waals surface area contributed by atoms with Crippen molar-refractivity contribution in [2.45, 2.75) is 58.2 Å². The second-order valence-corrected chi connectivity index (χ2v) is 6.18. The van der Waals surface area contributed by atoms with Gasteiger partial charge in [0.1, 0.15) is 6.04 Å². The van der Waals surface area contributed by atoms with Gasteiger partial charge in [0.15, 0.2) is 0 Å². The maximum absolute atomic E-state index is 12.9. The molecule has 1 aliphatic heterocycles. The smallest absolute Gasteiger partial charge is 0.306 e. The van der Waals surface area contributed by atoms with E-state index in [0.717, 1.165) is 6.42 Å². The highest BCUT2D eigenvalue weighted by atomic mass is 16.5. The topological polar surface area (TPSA) is 84.9 Å². The molecule has 0 bridgehead atoms. The van der Waals surface area contributed by atoms with Gasteiger partial charge in [0.25, 0.3) is 0 Å². The molecule has 0 spiro atoms. The predicted octanol–water partition coefficient (Wildman–Crippen LogP) is 0.716. The van der Waals surface area contributed by atoms with Gasteiger partial charge in [-0.15, -0.1) is 0 Å². The SMILES string of the molecule is COC(=O)C[C@H](C(=O)N1CCC[C@H]1C(=O)NC(C)C)[C@H](C)OC. The Labute approximate surface area is 137 Å². The largest absolute Gasteiger partial charge is 0.469 e. The number of hydrogen-bond donors (Lipinski definition) is 1. The van der Waals surface area contributed by atoms with Crippen LogP contribution in [0.1, 0.15) is 40.0 Å². The maximum atomic E-state index is 12.9. The Kier molecular flexibility index (Phi) is 7.48. The Morgan fingerprint density at radius 3 is 2.39 bits per heavy atom. The number of rotatable bonds is 7. The zero-order valence-electron chi connectivity index (χ0n) is 14.6. The summed E-state index contributed by atoms with van der Waals surface area (Å²) in [7, 11) is 2.78. The van der Waals surface area contributed by atoms with E-state index >= 15 is 0 Å². The first-order chi connectivity index (χ1) is 10.8. The van der Waals surface area contributed by atoms with E-state index in [1.165, 1.54) is 14.2 Å². The molecule has 1 aliphatic rings. The number of ether oxygens (including phenoxy) is 2. The third-order valence-electron chi connectivity index (χ3n) is 4.14. The van der Waals surface area contributed by atoms with Crippen LogP contribution in [0, 0.1) is 5.92 Å². The van der Waals surface area contributed by atoms with Crippen LogP contribution in [0.5, 0.6) is 0 Å². The van der Waals surface area contributed by atoms with E-state index in [-0.39, 0.29) is 24.3 Å². The number of amides is 2. The van der Waals surface area contributed by atoms with Crippen LogP contribution in [0.3, 0.4) is 0 Å². The van der Waals surface area contributed by atoms with Crippen molar-refractivity contribution < 1.29 is 23.9 Å². The zero-order valence-corrected chi connectivity index (χ0v) is 14.6. The van der Waals surface area contributed by atoms with E-state index in [0.29, 0.717) is 13.0 Å². The molecule has 7 nitrogen and oxygen atoms in total. The fourth-order valence-corrected chi connectivity index (χ4v) is 2.78. The molecular formula is C16H28N2O5. The summed E-state index contributed by atoms with van der Waals surface area (Å²) in [6.45, 7) is 6.02. The van der Waals surface area contributed by atoms with Gasteiger partial charge in [0.2, 0.25) is 11.8 Å². The summed E-state index contributed by atoms with van der Waals surface area (Å²) in [5, 5.41) is 2.85. The molecule has 0 aromatic rings. The number of nitrogens with zero attached hydrogens (tertiary/aromatic N) is 1. The first-order valence-electron chi connectivity index (χ1n) is 8.02. The summed E-state index contributed by atoms with van der Waals surface area (Å²) in [4.78, 5) is 38.3. The lowest BCUT2D eigenvalue weighted by atomic mass is 9.97. The monoisotopic (exact) mass is 328 g/mol. The van der Waals surface area contributed by atoms with E-state index in [1.807, 2.05) is 13.8 Å². The van der Waals surface area contributed by atoms with Crippen molar-refractivity contribution in [2.24, 2.45) is 5.92 Å². The molecule has 0 aromatic carbocycles. The molecule has 2 amide bonds. The number of carbonyl (C=O) groups excluding carboxylic acids is 3. The molecule has 3 atom stereocenters. The van der Waals surface area contributed by atoms with Crippen molar-refractivity contribution in [3.63, 3.8) is 0 Å². The minimum atomic E-state index is -0.653. The standard InChI is InChI=1S/C16H28N2O5/c1-10(2)17-15(20)13-7-6-8-18(13)16(21)12(11(3)22-4)9-14(19)23-5/h10-13H,6-9H2,1-5H3,(H,17,20)/t11-,12-,13-/m0/s1. The van der Waals surface area contributed by atoms with Gasteiger partial charge < -0.3 is 19.7 Å². The lowest BCUT2D eigenvalue weighted by Crippen LogP contribution is -2.51. The van der Waals surface area contributed by atoms with Crippen LogP contribution in [0.25, 0.3) is 0 Å². The van der Waals surface area contributed by atoms with E-state index in [4.69, 9.17) is 4.74 Å². The van der Waals surface area contributed by atoms with Crippen molar-refractivity contribution in [2.75, 3.05) is 20.8 Å². The van der Waals surface area contributed by atoms with Gasteiger partial charge in [0.05, 0.1) is 25.6 Å².